The Labute approximate surface area is 109 Å². The molecule has 18 heavy (non-hydrogen) atoms. The van der Waals surface area contributed by atoms with Gasteiger partial charge in [0.25, 0.3) is 0 Å². The quantitative estimate of drug-likeness (QED) is 0.720. The summed E-state index contributed by atoms with van der Waals surface area (Å²) in [6, 6.07) is 0. The van der Waals surface area contributed by atoms with Crippen molar-refractivity contribution in [3.05, 3.63) is 0 Å². The average molecular weight is 254 g/mol. The van der Waals surface area contributed by atoms with Crippen LogP contribution in [-0.4, -0.2) is 39.0 Å². The second-order valence-corrected chi connectivity index (χ2v) is 4.57. The predicted molar refractivity (Wildman–Crippen MR) is 66.9 cm³/mol. The molecule has 4 heteroatoms. The molecular formula is C14H22O4. The van der Waals surface area contributed by atoms with Gasteiger partial charge in [-0.2, -0.15) is 0 Å². The molecule has 0 radical (unpaired) electrons. The van der Waals surface area contributed by atoms with Gasteiger partial charge in [-0.15, -0.1) is 0 Å². The molecule has 0 bridgehead atoms. The topological polar surface area (TPSA) is 36.9 Å². The maximum absolute atomic E-state index is 5.49. The molecule has 0 N–H and O–H groups in total. The fourth-order valence-electron chi connectivity index (χ4n) is 2.06. The minimum absolute atomic E-state index is 0.0596. The second kappa shape index (κ2) is 8.49. The van der Waals surface area contributed by atoms with E-state index in [1.165, 1.54) is 12.8 Å². The highest BCUT2D eigenvalue weighted by molar-refractivity contribution is 4.99. The highest BCUT2D eigenvalue weighted by Crippen LogP contribution is 2.13. The third-order valence-electron chi connectivity index (χ3n) is 3.08. The van der Waals surface area contributed by atoms with E-state index >= 15 is 0 Å². The minimum atomic E-state index is -0.0596. The Balaban J connectivity index is 1.49. The molecule has 0 spiro atoms. The van der Waals surface area contributed by atoms with Gasteiger partial charge in [0.2, 0.25) is 0 Å². The zero-order valence-electron chi connectivity index (χ0n) is 10.9. The molecule has 0 aromatic carbocycles. The van der Waals surface area contributed by atoms with Crippen LogP contribution in [0.1, 0.15) is 38.5 Å². The van der Waals surface area contributed by atoms with Crippen molar-refractivity contribution in [2.75, 3.05) is 26.4 Å². The van der Waals surface area contributed by atoms with Gasteiger partial charge >= 0.3 is 0 Å². The SMILES string of the molecule is C(#CCOC1CCCCO1)COC1CCCCO1. The van der Waals surface area contributed by atoms with E-state index in [1.807, 2.05) is 0 Å². The van der Waals surface area contributed by atoms with Crippen molar-refractivity contribution in [3.8, 4) is 11.8 Å². The van der Waals surface area contributed by atoms with E-state index in [-0.39, 0.29) is 12.6 Å². The fourth-order valence-corrected chi connectivity index (χ4v) is 2.06. The Kier molecular flexibility index (Phi) is 6.52. The van der Waals surface area contributed by atoms with Gasteiger partial charge in [0, 0.05) is 13.2 Å². The van der Waals surface area contributed by atoms with Crippen LogP contribution in [0.3, 0.4) is 0 Å². The summed E-state index contributed by atoms with van der Waals surface area (Å²) < 4.78 is 21.9. The first-order valence-corrected chi connectivity index (χ1v) is 6.87. The van der Waals surface area contributed by atoms with Crippen molar-refractivity contribution < 1.29 is 18.9 Å². The average Bonchev–Trinajstić information content (AvgIpc) is 2.45. The lowest BCUT2D eigenvalue weighted by atomic mass is 10.2. The van der Waals surface area contributed by atoms with Crippen molar-refractivity contribution in [1.82, 2.24) is 0 Å². The van der Waals surface area contributed by atoms with Crippen LogP contribution in [0, 0.1) is 11.8 Å². The van der Waals surface area contributed by atoms with Gasteiger partial charge in [0.1, 0.15) is 13.2 Å². The van der Waals surface area contributed by atoms with Crippen LogP contribution >= 0.6 is 0 Å². The Morgan fingerprint density at radius 3 is 1.67 bits per heavy atom. The molecule has 0 amide bonds. The highest BCUT2D eigenvalue weighted by Gasteiger charge is 2.13. The van der Waals surface area contributed by atoms with Gasteiger partial charge < -0.3 is 18.9 Å². The predicted octanol–water partition coefficient (Wildman–Crippen LogP) is 2.08. The molecule has 2 fully saturated rings. The van der Waals surface area contributed by atoms with Crippen molar-refractivity contribution >= 4 is 0 Å². The Morgan fingerprint density at radius 1 is 0.778 bits per heavy atom. The summed E-state index contributed by atoms with van der Waals surface area (Å²) in [5.41, 5.74) is 0. The van der Waals surface area contributed by atoms with Gasteiger partial charge in [-0.3, -0.25) is 0 Å². The third-order valence-corrected chi connectivity index (χ3v) is 3.08. The van der Waals surface area contributed by atoms with Crippen LogP contribution in [-0.2, 0) is 18.9 Å². The molecule has 4 nitrogen and oxygen atoms in total. The zero-order valence-corrected chi connectivity index (χ0v) is 10.9. The normalized spacial score (nSPS) is 28.4. The molecule has 2 unspecified atom stereocenters. The van der Waals surface area contributed by atoms with Crippen LogP contribution in [0.25, 0.3) is 0 Å². The number of hydrogen-bond acceptors (Lipinski definition) is 4. The smallest absolute Gasteiger partial charge is 0.158 e. The molecule has 2 rings (SSSR count). The Morgan fingerprint density at radius 2 is 1.28 bits per heavy atom. The van der Waals surface area contributed by atoms with Gasteiger partial charge in [-0.1, -0.05) is 11.8 Å². The summed E-state index contributed by atoms with van der Waals surface area (Å²) in [5.74, 6) is 5.88. The third kappa shape index (κ3) is 5.36. The standard InChI is InChI=1S/C14H22O4/c1-3-9-15-13(7-1)17-11-5-6-12-18-14-8-2-4-10-16-14/h13-14H,1-4,7-12H2. The minimum Gasteiger partial charge on any atom is -0.353 e. The van der Waals surface area contributed by atoms with Gasteiger partial charge in [0.05, 0.1) is 0 Å². The molecule has 2 saturated heterocycles. The summed E-state index contributed by atoms with van der Waals surface area (Å²) >= 11 is 0. The molecular weight excluding hydrogens is 232 g/mol. The van der Waals surface area contributed by atoms with Crippen LogP contribution in [0.2, 0.25) is 0 Å². The first-order valence-electron chi connectivity index (χ1n) is 6.87. The molecule has 2 heterocycles. The summed E-state index contributed by atoms with van der Waals surface area (Å²) in [7, 11) is 0. The first-order chi connectivity index (χ1) is 8.95. The fraction of sp³-hybridized carbons (Fsp3) is 0.857. The zero-order chi connectivity index (χ0) is 12.5. The summed E-state index contributed by atoms with van der Waals surface area (Å²) in [6.07, 6.45) is 6.48. The number of ether oxygens (including phenoxy) is 4. The molecule has 0 aliphatic carbocycles. The summed E-state index contributed by atoms with van der Waals surface area (Å²) in [5, 5.41) is 0. The Hall–Kier alpha value is -0.600. The maximum Gasteiger partial charge on any atom is 0.158 e. The largest absolute Gasteiger partial charge is 0.353 e. The van der Waals surface area contributed by atoms with Crippen LogP contribution in [0.5, 0.6) is 0 Å². The summed E-state index contributed by atoms with van der Waals surface area (Å²) in [4.78, 5) is 0. The molecule has 2 atom stereocenters. The van der Waals surface area contributed by atoms with Gasteiger partial charge in [-0.25, -0.2) is 0 Å². The van der Waals surface area contributed by atoms with Gasteiger partial charge in [-0.05, 0) is 38.5 Å². The number of rotatable bonds is 4. The van der Waals surface area contributed by atoms with Crippen LogP contribution < -0.4 is 0 Å². The van der Waals surface area contributed by atoms with Gasteiger partial charge in [0.15, 0.2) is 12.6 Å². The molecule has 0 aromatic heterocycles. The maximum atomic E-state index is 5.49. The lowest BCUT2D eigenvalue weighted by molar-refractivity contribution is -0.155. The van der Waals surface area contributed by atoms with Crippen LogP contribution in [0.4, 0.5) is 0 Å². The van der Waals surface area contributed by atoms with Crippen LogP contribution in [0.15, 0.2) is 0 Å². The van der Waals surface area contributed by atoms with E-state index in [4.69, 9.17) is 18.9 Å². The molecule has 102 valence electrons. The first kappa shape index (κ1) is 13.8. The molecule has 0 saturated carbocycles. The Bertz CT molecular complexity index is 243. The van der Waals surface area contributed by atoms with E-state index in [1.54, 1.807) is 0 Å². The van der Waals surface area contributed by atoms with Crippen molar-refractivity contribution in [1.29, 1.82) is 0 Å². The monoisotopic (exact) mass is 254 g/mol. The van der Waals surface area contributed by atoms with E-state index in [0.29, 0.717) is 13.2 Å². The molecule has 0 aromatic rings. The van der Waals surface area contributed by atoms with Crippen molar-refractivity contribution in [3.63, 3.8) is 0 Å². The molecule has 2 aliphatic rings. The van der Waals surface area contributed by atoms with E-state index in [0.717, 1.165) is 38.9 Å². The van der Waals surface area contributed by atoms with E-state index < -0.39 is 0 Å². The van der Waals surface area contributed by atoms with Crippen molar-refractivity contribution in [2.24, 2.45) is 0 Å². The van der Waals surface area contributed by atoms with E-state index in [2.05, 4.69) is 11.8 Å². The molecule has 2 aliphatic heterocycles. The second-order valence-electron chi connectivity index (χ2n) is 4.57. The van der Waals surface area contributed by atoms with Crippen molar-refractivity contribution in [2.45, 2.75) is 51.1 Å². The summed E-state index contributed by atoms with van der Waals surface area (Å²) in [6.45, 7) is 2.44. The highest BCUT2D eigenvalue weighted by atomic mass is 16.7. The lowest BCUT2D eigenvalue weighted by Gasteiger charge is -2.21. The van der Waals surface area contributed by atoms with E-state index in [9.17, 15) is 0 Å². The lowest BCUT2D eigenvalue weighted by Crippen LogP contribution is -2.22. The number of hydrogen-bond donors (Lipinski definition) is 0.